The second kappa shape index (κ2) is 10.5. The average Bonchev–Trinajstić information content (AvgIpc) is 2.54. The highest BCUT2D eigenvalue weighted by molar-refractivity contribution is 7.89. The molecule has 0 bridgehead atoms. The molecule has 26 heavy (non-hydrogen) atoms. The number of ether oxygens (including phenoxy) is 2. The van der Waals surface area contributed by atoms with Gasteiger partial charge in [0.15, 0.2) is 0 Å². The lowest BCUT2D eigenvalue weighted by Crippen LogP contribution is -2.28. The van der Waals surface area contributed by atoms with Crippen LogP contribution in [0.4, 0.5) is 5.69 Å². The molecule has 9 heteroatoms. The minimum atomic E-state index is -3.88. The lowest BCUT2D eigenvalue weighted by molar-refractivity contribution is 0.0696. The Balaban J connectivity index is 2.97. The van der Waals surface area contributed by atoms with Crippen LogP contribution in [0, 0.1) is 0 Å². The topological polar surface area (TPSA) is 114 Å². The average molecular weight is 388 g/mol. The van der Waals surface area contributed by atoms with Crippen LogP contribution in [-0.4, -0.2) is 58.5 Å². The van der Waals surface area contributed by atoms with Crippen molar-refractivity contribution < 1.29 is 27.8 Å². The number of rotatable bonds is 12. The van der Waals surface area contributed by atoms with Crippen molar-refractivity contribution in [2.24, 2.45) is 0 Å². The first-order valence-electron chi connectivity index (χ1n) is 8.41. The first kappa shape index (κ1) is 22.4. The number of benzene rings is 1. The van der Waals surface area contributed by atoms with Gasteiger partial charge >= 0.3 is 5.97 Å². The number of aromatic carboxylic acids is 1. The molecule has 0 aliphatic rings. The molecular weight excluding hydrogens is 360 g/mol. The molecule has 1 aromatic rings. The van der Waals surface area contributed by atoms with Gasteiger partial charge in [-0.1, -0.05) is 0 Å². The van der Waals surface area contributed by atoms with Crippen LogP contribution in [0.1, 0.15) is 37.6 Å². The maximum absolute atomic E-state index is 12.6. The first-order chi connectivity index (χ1) is 12.2. The highest BCUT2D eigenvalue weighted by Crippen LogP contribution is 2.24. The molecule has 0 radical (unpaired) electrons. The van der Waals surface area contributed by atoms with Crippen molar-refractivity contribution in [2.45, 2.75) is 44.2 Å². The van der Waals surface area contributed by atoms with E-state index in [0.29, 0.717) is 25.3 Å². The molecule has 0 fully saturated rings. The molecule has 148 valence electrons. The Bertz CT molecular complexity index is 690. The highest BCUT2D eigenvalue weighted by atomic mass is 32.2. The van der Waals surface area contributed by atoms with Gasteiger partial charge in [0, 0.05) is 26.3 Å². The van der Waals surface area contributed by atoms with E-state index < -0.39 is 16.0 Å². The number of carboxylic acid groups (broad SMARTS) is 1. The molecule has 0 aliphatic heterocycles. The number of hydrogen-bond acceptors (Lipinski definition) is 6. The van der Waals surface area contributed by atoms with E-state index in [4.69, 9.17) is 14.6 Å². The third-order valence-electron chi connectivity index (χ3n) is 3.40. The molecule has 1 unspecified atom stereocenters. The van der Waals surface area contributed by atoms with E-state index in [2.05, 4.69) is 10.0 Å². The molecule has 1 atom stereocenters. The molecule has 0 aliphatic carbocycles. The Labute approximate surface area is 154 Å². The smallest absolute Gasteiger partial charge is 0.335 e. The summed E-state index contributed by atoms with van der Waals surface area (Å²) in [4.78, 5) is 11.1. The van der Waals surface area contributed by atoms with Crippen molar-refractivity contribution in [3.63, 3.8) is 0 Å². The number of sulfonamides is 1. The standard InChI is InChI=1S/C17H28N2O6S/c1-12(2)25-9-5-8-18-26(22,23)16-10-14(17(20)21)6-7-15(16)19-13(3)11-24-4/h6-7,10,12-13,18-19H,5,8-9,11H2,1-4H3,(H,20,21). The summed E-state index contributed by atoms with van der Waals surface area (Å²) in [5, 5.41) is 12.2. The maximum Gasteiger partial charge on any atom is 0.335 e. The summed E-state index contributed by atoms with van der Waals surface area (Å²) in [7, 11) is -2.33. The second-order valence-corrected chi connectivity index (χ2v) is 7.92. The van der Waals surface area contributed by atoms with Crippen molar-refractivity contribution in [3.8, 4) is 0 Å². The Morgan fingerprint density at radius 1 is 1.27 bits per heavy atom. The van der Waals surface area contributed by atoms with E-state index in [-0.39, 0.29) is 29.1 Å². The van der Waals surface area contributed by atoms with Gasteiger partial charge in [-0.15, -0.1) is 0 Å². The van der Waals surface area contributed by atoms with Gasteiger partial charge in [0.05, 0.1) is 24.0 Å². The lowest BCUT2D eigenvalue weighted by atomic mass is 10.2. The summed E-state index contributed by atoms with van der Waals surface area (Å²) in [6.45, 7) is 6.65. The van der Waals surface area contributed by atoms with E-state index in [1.54, 1.807) is 7.11 Å². The van der Waals surface area contributed by atoms with Gasteiger partial charge in [-0.05, 0) is 45.4 Å². The quantitative estimate of drug-likeness (QED) is 0.469. The van der Waals surface area contributed by atoms with Crippen LogP contribution < -0.4 is 10.0 Å². The molecular formula is C17H28N2O6S. The number of hydrogen-bond donors (Lipinski definition) is 3. The molecule has 0 saturated carbocycles. The summed E-state index contributed by atoms with van der Waals surface area (Å²) in [5.74, 6) is -1.19. The van der Waals surface area contributed by atoms with Crippen LogP contribution in [0.2, 0.25) is 0 Å². The third-order valence-corrected chi connectivity index (χ3v) is 4.90. The molecule has 1 rings (SSSR count). The van der Waals surface area contributed by atoms with E-state index in [1.165, 1.54) is 12.1 Å². The number of carboxylic acids is 1. The van der Waals surface area contributed by atoms with E-state index >= 15 is 0 Å². The van der Waals surface area contributed by atoms with Crippen LogP contribution in [0.15, 0.2) is 23.1 Å². The number of nitrogens with one attached hydrogen (secondary N) is 2. The predicted molar refractivity (Wildman–Crippen MR) is 99.3 cm³/mol. The van der Waals surface area contributed by atoms with Crippen molar-refractivity contribution in [2.75, 3.05) is 32.2 Å². The van der Waals surface area contributed by atoms with Gasteiger partial charge in [-0.25, -0.2) is 17.9 Å². The molecule has 0 saturated heterocycles. The zero-order chi connectivity index (χ0) is 19.7. The first-order valence-corrected chi connectivity index (χ1v) is 9.89. The number of carbonyl (C=O) groups is 1. The lowest BCUT2D eigenvalue weighted by Gasteiger charge is -2.18. The minimum Gasteiger partial charge on any atom is -0.478 e. The van der Waals surface area contributed by atoms with Crippen LogP contribution >= 0.6 is 0 Å². The monoisotopic (exact) mass is 388 g/mol. The SMILES string of the molecule is COCC(C)Nc1ccc(C(=O)O)cc1S(=O)(=O)NCCCOC(C)C. The van der Waals surface area contributed by atoms with Gasteiger partial charge < -0.3 is 19.9 Å². The van der Waals surface area contributed by atoms with Crippen molar-refractivity contribution in [3.05, 3.63) is 23.8 Å². The van der Waals surface area contributed by atoms with Gasteiger partial charge in [0.25, 0.3) is 0 Å². The van der Waals surface area contributed by atoms with Crippen molar-refractivity contribution in [1.82, 2.24) is 4.72 Å². The second-order valence-electron chi connectivity index (χ2n) is 6.19. The van der Waals surface area contributed by atoms with Crippen LogP contribution in [0.5, 0.6) is 0 Å². The molecule has 0 amide bonds. The van der Waals surface area contributed by atoms with Crippen molar-refractivity contribution in [1.29, 1.82) is 0 Å². The maximum atomic E-state index is 12.6. The van der Waals surface area contributed by atoms with E-state index in [0.717, 1.165) is 6.07 Å². The molecule has 1 aromatic carbocycles. The molecule has 8 nitrogen and oxygen atoms in total. The van der Waals surface area contributed by atoms with E-state index in [1.807, 2.05) is 20.8 Å². The Hall–Kier alpha value is -1.68. The molecule has 3 N–H and O–H groups in total. The number of anilines is 1. The largest absolute Gasteiger partial charge is 0.478 e. The van der Waals surface area contributed by atoms with Crippen LogP contribution in [0.3, 0.4) is 0 Å². The molecule has 0 aromatic heterocycles. The summed E-state index contributed by atoms with van der Waals surface area (Å²) in [6, 6.07) is 3.81. The Kier molecular flexibility index (Phi) is 9.00. The Morgan fingerprint density at radius 2 is 1.96 bits per heavy atom. The fourth-order valence-electron chi connectivity index (χ4n) is 2.23. The Morgan fingerprint density at radius 3 is 2.54 bits per heavy atom. The number of methoxy groups -OCH3 is 1. The minimum absolute atomic E-state index is 0.0805. The highest BCUT2D eigenvalue weighted by Gasteiger charge is 2.21. The predicted octanol–water partition coefficient (Wildman–Crippen LogP) is 1.93. The fraction of sp³-hybridized carbons (Fsp3) is 0.588. The fourth-order valence-corrected chi connectivity index (χ4v) is 3.50. The zero-order valence-electron chi connectivity index (χ0n) is 15.6. The third kappa shape index (κ3) is 7.28. The van der Waals surface area contributed by atoms with Gasteiger partial charge in [-0.2, -0.15) is 0 Å². The van der Waals surface area contributed by atoms with Gasteiger partial charge in [0.1, 0.15) is 4.90 Å². The van der Waals surface area contributed by atoms with E-state index in [9.17, 15) is 13.2 Å². The van der Waals surface area contributed by atoms with Gasteiger partial charge in [0.2, 0.25) is 10.0 Å². The summed E-state index contributed by atoms with van der Waals surface area (Å²) >= 11 is 0. The zero-order valence-corrected chi connectivity index (χ0v) is 16.4. The summed E-state index contributed by atoms with van der Waals surface area (Å²) in [6.07, 6.45) is 0.593. The summed E-state index contributed by atoms with van der Waals surface area (Å²) in [5.41, 5.74) is 0.226. The normalized spacial score (nSPS) is 13.0. The van der Waals surface area contributed by atoms with Crippen LogP contribution in [-0.2, 0) is 19.5 Å². The van der Waals surface area contributed by atoms with Gasteiger partial charge in [-0.3, -0.25) is 0 Å². The molecule has 0 heterocycles. The molecule has 0 spiro atoms. The van der Waals surface area contributed by atoms with Crippen LogP contribution in [0.25, 0.3) is 0 Å². The summed E-state index contributed by atoms with van der Waals surface area (Å²) < 4.78 is 38.2. The van der Waals surface area contributed by atoms with Crippen molar-refractivity contribution >= 4 is 21.7 Å².